The molecule has 6 rings (SSSR count). The molecule has 0 unspecified atom stereocenters. The van der Waals surface area contributed by atoms with Gasteiger partial charge in [0.05, 0.1) is 40.6 Å². The number of benzene rings is 6. The van der Waals surface area contributed by atoms with E-state index in [-0.39, 0.29) is 0 Å². The fraction of sp³-hybridized carbons (Fsp3) is 0.500. The van der Waals surface area contributed by atoms with Gasteiger partial charge >= 0.3 is 0 Å². The van der Waals surface area contributed by atoms with Gasteiger partial charge in [0.15, 0.2) is 23.0 Å². The van der Waals surface area contributed by atoms with Gasteiger partial charge in [0.1, 0.15) is 22.7 Å². The van der Waals surface area contributed by atoms with Crippen LogP contribution in [0.1, 0.15) is 215 Å². The Bertz CT molecular complexity index is 2510. The minimum Gasteiger partial charge on any atom is -0.497 e. The Morgan fingerprint density at radius 2 is 0.575 bits per heavy atom. The lowest BCUT2D eigenvalue weighted by atomic mass is 9.73. The number of aliphatic hydroxyl groups is 2. The first-order valence-corrected chi connectivity index (χ1v) is 31.0. The third kappa shape index (κ3) is 18.0. The van der Waals surface area contributed by atoms with Crippen molar-refractivity contribution in [3.63, 3.8) is 0 Å². The summed E-state index contributed by atoms with van der Waals surface area (Å²) >= 11 is 0. The molecule has 6 aromatic rings. The standard InChI is InChI=1S/C72H98O8/c1-7-11-15-19-23-31-51-77-67-49-43-59(55-69(67)79-53-33-25-21-17-13-9-3)72(74,60-44-50-68(78-52-32-24-20-16-12-8-2)70(56-60)80-54-34-26-22-18-14-10-4)66-38-30-28-36-64(66)63-35-27-29-37-65(63)71(73,57-39-45-61(75-5)46-40-57)58-41-47-62(76-6)48-42-58/h27-30,35-50,55-56,73-74H,7-26,31-34,51-54H2,1-6H3. The van der Waals surface area contributed by atoms with Gasteiger partial charge in [0, 0.05) is 11.1 Å². The summed E-state index contributed by atoms with van der Waals surface area (Å²) in [4.78, 5) is 0. The van der Waals surface area contributed by atoms with Crippen molar-refractivity contribution in [3.05, 3.63) is 167 Å². The van der Waals surface area contributed by atoms with Gasteiger partial charge in [-0.2, -0.15) is 0 Å². The van der Waals surface area contributed by atoms with Crippen LogP contribution in [-0.2, 0) is 11.2 Å². The summed E-state index contributed by atoms with van der Waals surface area (Å²) in [6, 6.07) is 43.0. The maximum atomic E-state index is 14.5. The van der Waals surface area contributed by atoms with E-state index in [4.69, 9.17) is 28.4 Å². The van der Waals surface area contributed by atoms with Crippen molar-refractivity contribution < 1.29 is 38.6 Å². The predicted octanol–water partition coefficient (Wildman–Crippen LogP) is 18.9. The lowest BCUT2D eigenvalue weighted by Crippen LogP contribution is -2.31. The summed E-state index contributed by atoms with van der Waals surface area (Å²) in [5.74, 6) is 3.89. The van der Waals surface area contributed by atoms with E-state index in [2.05, 4.69) is 27.7 Å². The van der Waals surface area contributed by atoms with Gasteiger partial charge in [-0.15, -0.1) is 0 Å². The number of hydrogen-bond donors (Lipinski definition) is 2. The molecule has 0 radical (unpaired) electrons. The second-order valence-corrected chi connectivity index (χ2v) is 21.8. The Balaban J connectivity index is 1.53. The molecular formula is C72H98O8. The molecule has 0 atom stereocenters. The zero-order valence-electron chi connectivity index (χ0n) is 49.8. The van der Waals surface area contributed by atoms with Gasteiger partial charge in [0.2, 0.25) is 0 Å². The fourth-order valence-electron chi connectivity index (χ4n) is 10.9. The van der Waals surface area contributed by atoms with Gasteiger partial charge < -0.3 is 38.6 Å². The minimum absolute atomic E-state index is 0.529. The number of unbranched alkanes of at least 4 members (excludes halogenated alkanes) is 20. The van der Waals surface area contributed by atoms with Crippen molar-refractivity contribution in [2.24, 2.45) is 0 Å². The first-order valence-electron chi connectivity index (χ1n) is 31.0. The summed E-state index contributed by atoms with van der Waals surface area (Å²) in [5.41, 5.74) is 1.76. The van der Waals surface area contributed by atoms with Crippen molar-refractivity contribution in [3.8, 4) is 45.6 Å². The molecule has 80 heavy (non-hydrogen) atoms. The third-order valence-electron chi connectivity index (χ3n) is 15.7. The van der Waals surface area contributed by atoms with Crippen LogP contribution in [-0.4, -0.2) is 50.9 Å². The lowest BCUT2D eigenvalue weighted by Gasteiger charge is -2.35. The summed E-state index contributed by atoms with van der Waals surface area (Å²) in [6.45, 7) is 11.2. The quantitative estimate of drug-likeness (QED) is 0.0290. The smallest absolute Gasteiger partial charge is 0.161 e. The summed E-state index contributed by atoms with van der Waals surface area (Å²) < 4.78 is 37.9. The molecule has 2 N–H and O–H groups in total. The molecule has 8 nitrogen and oxygen atoms in total. The number of rotatable bonds is 41. The molecule has 0 bridgehead atoms. The first kappa shape index (κ1) is 63.2. The Morgan fingerprint density at radius 3 is 0.900 bits per heavy atom. The van der Waals surface area contributed by atoms with Crippen molar-refractivity contribution in [2.75, 3.05) is 40.6 Å². The summed E-state index contributed by atoms with van der Waals surface area (Å²) in [5, 5.41) is 28.1. The molecule has 434 valence electrons. The van der Waals surface area contributed by atoms with Crippen LogP contribution in [0, 0.1) is 0 Å². The zero-order valence-corrected chi connectivity index (χ0v) is 49.8. The highest BCUT2D eigenvalue weighted by atomic mass is 16.5. The van der Waals surface area contributed by atoms with Crippen LogP contribution in [0.15, 0.2) is 133 Å². The molecule has 0 aromatic heterocycles. The fourth-order valence-corrected chi connectivity index (χ4v) is 10.9. The zero-order chi connectivity index (χ0) is 56.7. The van der Waals surface area contributed by atoms with Crippen LogP contribution in [0.3, 0.4) is 0 Å². The Hall–Kier alpha value is -5.96. The van der Waals surface area contributed by atoms with Crippen molar-refractivity contribution in [1.82, 2.24) is 0 Å². The van der Waals surface area contributed by atoms with Crippen LogP contribution in [0.2, 0.25) is 0 Å². The Morgan fingerprint density at radius 1 is 0.300 bits per heavy atom. The molecule has 0 saturated heterocycles. The lowest BCUT2D eigenvalue weighted by molar-refractivity contribution is 0.123. The van der Waals surface area contributed by atoms with E-state index in [0.29, 0.717) is 94.3 Å². The second kappa shape index (κ2) is 35.0. The number of methoxy groups -OCH3 is 2. The van der Waals surface area contributed by atoms with Crippen LogP contribution >= 0.6 is 0 Å². The topological polar surface area (TPSA) is 95.8 Å². The first-order chi connectivity index (χ1) is 39.3. The van der Waals surface area contributed by atoms with Gasteiger partial charge in [0.25, 0.3) is 0 Å². The Kier molecular flexibility index (Phi) is 27.7. The molecule has 0 amide bonds. The van der Waals surface area contributed by atoms with Gasteiger partial charge in [-0.05, 0) is 108 Å². The molecule has 0 saturated carbocycles. The van der Waals surface area contributed by atoms with Crippen LogP contribution < -0.4 is 28.4 Å². The maximum Gasteiger partial charge on any atom is 0.161 e. The Labute approximate surface area is 482 Å². The summed E-state index contributed by atoms with van der Waals surface area (Å²) in [6.07, 6.45) is 27.6. The molecule has 0 spiro atoms. The highest BCUT2D eigenvalue weighted by Crippen LogP contribution is 2.49. The largest absolute Gasteiger partial charge is 0.497 e. The van der Waals surface area contributed by atoms with Gasteiger partial charge in [-0.3, -0.25) is 0 Å². The SMILES string of the molecule is CCCCCCCCOc1ccc(C(O)(c2ccc(OCCCCCCCC)c(OCCCCCCCC)c2)c2ccccc2-c2ccccc2C(O)(c2ccc(OC)cc2)c2ccc(OC)cc2)cc1OCCCCCCCC. The molecule has 6 aromatic carbocycles. The number of hydrogen-bond acceptors (Lipinski definition) is 8. The average molecular weight is 1090 g/mol. The van der Waals surface area contributed by atoms with E-state index < -0.39 is 11.2 Å². The molecule has 8 heteroatoms. The number of ether oxygens (including phenoxy) is 6. The maximum absolute atomic E-state index is 14.5. The monoisotopic (exact) mass is 1090 g/mol. The van der Waals surface area contributed by atoms with Crippen LogP contribution in [0.25, 0.3) is 11.1 Å². The van der Waals surface area contributed by atoms with Crippen molar-refractivity contribution in [1.29, 1.82) is 0 Å². The van der Waals surface area contributed by atoms with Crippen molar-refractivity contribution in [2.45, 2.75) is 193 Å². The van der Waals surface area contributed by atoms with E-state index in [9.17, 15) is 10.2 Å². The minimum atomic E-state index is -1.81. The van der Waals surface area contributed by atoms with Gasteiger partial charge in [-0.1, -0.05) is 241 Å². The molecular weight excluding hydrogens is 993 g/mol. The average Bonchev–Trinajstić information content (AvgIpc) is 3.68. The van der Waals surface area contributed by atoms with E-state index in [1.165, 1.54) is 103 Å². The molecule has 0 aliphatic heterocycles. The molecule has 0 aliphatic carbocycles. The van der Waals surface area contributed by atoms with E-state index in [1.807, 2.05) is 133 Å². The highest BCUT2D eigenvalue weighted by molar-refractivity contribution is 5.77. The highest BCUT2D eigenvalue weighted by Gasteiger charge is 2.41. The second-order valence-electron chi connectivity index (χ2n) is 21.8. The van der Waals surface area contributed by atoms with E-state index >= 15 is 0 Å². The summed E-state index contributed by atoms with van der Waals surface area (Å²) in [7, 11) is 3.28. The predicted molar refractivity (Wildman–Crippen MR) is 330 cm³/mol. The third-order valence-corrected chi connectivity index (χ3v) is 15.7. The normalized spacial score (nSPS) is 11.7. The molecule has 0 fully saturated rings. The van der Waals surface area contributed by atoms with E-state index in [1.54, 1.807) is 14.2 Å². The van der Waals surface area contributed by atoms with Crippen LogP contribution in [0.4, 0.5) is 0 Å². The molecule has 0 heterocycles. The molecule has 0 aliphatic rings. The van der Waals surface area contributed by atoms with Gasteiger partial charge in [-0.25, -0.2) is 0 Å². The van der Waals surface area contributed by atoms with Crippen LogP contribution in [0.5, 0.6) is 34.5 Å². The van der Waals surface area contributed by atoms with Crippen molar-refractivity contribution >= 4 is 0 Å². The van der Waals surface area contributed by atoms with E-state index in [0.717, 1.165) is 62.5 Å².